The van der Waals surface area contributed by atoms with E-state index in [2.05, 4.69) is 26.3 Å². The first-order valence-corrected chi connectivity index (χ1v) is 9.17. The number of guanidine groups is 1. The van der Waals surface area contributed by atoms with Crippen molar-refractivity contribution in [2.24, 2.45) is 10.4 Å². The van der Waals surface area contributed by atoms with Gasteiger partial charge in [-0.05, 0) is 43.2 Å². The normalized spacial score (nSPS) is 21.0. The molecule has 0 radical (unpaired) electrons. The van der Waals surface area contributed by atoms with Crippen LogP contribution in [-0.4, -0.2) is 36.0 Å². The Morgan fingerprint density at radius 2 is 1.92 bits per heavy atom. The number of likely N-dealkylation sites (tertiary alicyclic amines) is 1. The maximum atomic E-state index is 4.53. The third-order valence-corrected chi connectivity index (χ3v) is 5.49. The van der Waals surface area contributed by atoms with E-state index < -0.39 is 0 Å². The average molecular weight is 442 g/mol. The monoisotopic (exact) mass is 442 g/mol. The fourth-order valence-corrected chi connectivity index (χ4v) is 4.28. The van der Waals surface area contributed by atoms with Crippen LogP contribution in [0.3, 0.4) is 0 Å². The van der Waals surface area contributed by atoms with Gasteiger partial charge < -0.3 is 10.2 Å². The number of nitrogens with zero attached hydrogens (tertiary/aromatic N) is 3. The van der Waals surface area contributed by atoms with Gasteiger partial charge in [0.25, 0.3) is 0 Å². The summed E-state index contributed by atoms with van der Waals surface area (Å²) in [6.07, 6.45) is 13.0. The second kappa shape index (κ2) is 9.59. The first-order valence-electron chi connectivity index (χ1n) is 9.17. The highest BCUT2D eigenvalue weighted by molar-refractivity contribution is 14.0. The lowest BCUT2D eigenvalue weighted by Gasteiger charge is -2.44. The number of hydrogen-bond donors (Lipinski definition) is 1. The molecule has 134 valence electrons. The molecular weight excluding hydrogens is 411 g/mol. The van der Waals surface area contributed by atoms with E-state index in [0.29, 0.717) is 5.41 Å². The third kappa shape index (κ3) is 5.07. The van der Waals surface area contributed by atoms with E-state index in [0.717, 1.165) is 24.7 Å². The van der Waals surface area contributed by atoms with E-state index >= 15 is 0 Å². The number of hydrogen-bond acceptors (Lipinski definition) is 2. The summed E-state index contributed by atoms with van der Waals surface area (Å²) in [5.74, 6) is 1.04. The maximum absolute atomic E-state index is 4.53. The van der Waals surface area contributed by atoms with Gasteiger partial charge in [-0.3, -0.25) is 9.98 Å². The molecular formula is C19H31IN4. The molecule has 24 heavy (non-hydrogen) atoms. The summed E-state index contributed by atoms with van der Waals surface area (Å²) in [6, 6.07) is 6.05. The highest BCUT2D eigenvalue weighted by Gasteiger charge is 2.36. The lowest BCUT2D eigenvalue weighted by Crippen LogP contribution is -2.50. The van der Waals surface area contributed by atoms with Crippen LogP contribution in [-0.2, 0) is 6.54 Å². The van der Waals surface area contributed by atoms with Gasteiger partial charge in [-0.1, -0.05) is 31.7 Å². The van der Waals surface area contributed by atoms with E-state index in [1.165, 1.54) is 57.9 Å². The summed E-state index contributed by atoms with van der Waals surface area (Å²) < 4.78 is 0. The predicted octanol–water partition coefficient (Wildman–Crippen LogP) is 4.21. The minimum Gasteiger partial charge on any atom is -0.351 e. The molecule has 1 aromatic rings. The number of nitrogens with one attached hydrogen (secondary N) is 1. The second-order valence-corrected chi connectivity index (χ2v) is 7.16. The van der Waals surface area contributed by atoms with Crippen molar-refractivity contribution in [2.45, 2.75) is 57.9 Å². The van der Waals surface area contributed by atoms with Crippen LogP contribution in [0.4, 0.5) is 0 Å². The number of halogens is 1. The molecule has 1 saturated heterocycles. The van der Waals surface area contributed by atoms with Crippen LogP contribution in [0, 0.1) is 5.41 Å². The molecule has 0 amide bonds. The van der Waals surface area contributed by atoms with Gasteiger partial charge in [-0.25, -0.2) is 0 Å². The highest BCUT2D eigenvalue weighted by Crippen LogP contribution is 2.42. The van der Waals surface area contributed by atoms with Gasteiger partial charge in [0.15, 0.2) is 5.96 Å². The summed E-state index contributed by atoms with van der Waals surface area (Å²) in [5.41, 5.74) is 1.60. The van der Waals surface area contributed by atoms with Crippen LogP contribution in [0.1, 0.15) is 57.1 Å². The Morgan fingerprint density at radius 1 is 1.17 bits per heavy atom. The Labute approximate surface area is 163 Å². The number of pyridine rings is 1. The summed E-state index contributed by atoms with van der Waals surface area (Å²) in [7, 11) is 1.90. The van der Waals surface area contributed by atoms with Gasteiger partial charge in [0.1, 0.15) is 0 Å². The second-order valence-electron chi connectivity index (χ2n) is 7.16. The van der Waals surface area contributed by atoms with Crippen molar-refractivity contribution < 1.29 is 0 Å². The fourth-order valence-electron chi connectivity index (χ4n) is 4.28. The Balaban J connectivity index is 0.00000208. The molecule has 2 aliphatic rings. The zero-order valence-corrected chi connectivity index (χ0v) is 17.2. The number of aliphatic imine (C=N–C) groups is 1. The summed E-state index contributed by atoms with van der Waals surface area (Å²) >= 11 is 0. The molecule has 1 aromatic heterocycles. The minimum atomic E-state index is 0. The van der Waals surface area contributed by atoms with Gasteiger partial charge in [-0.2, -0.15) is 0 Å². The SMILES string of the molecule is CN=C(NCc1ccccn1)N1CCCC2(CCCCCC2)C1.I. The molecule has 2 heterocycles. The van der Waals surface area contributed by atoms with Crippen LogP contribution >= 0.6 is 24.0 Å². The third-order valence-electron chi connectivity index (χ3n) is 5.49. The van der Waals surface area contributed by atoms with E-state index in [-0.39, 0.29) is 24.0 Å². The van der Waals surface area contributed by atoms with E-state index in [1.807, 2.05) is 25.4 Å². The van der Waals surface area contributed by atoms with Crippen LogP contribution in [0.15, 0.2) is 29.4 Å². The van der Waals surface area contributed by atoms with Crippen LogP contribution in [0.5, 0.6) is 0 Å². The Hall–Kier alpha value is -0.850. The molecule has 1 aliphatic carbocycles. The van der Waals surface area contributed by atoms with Gasteiger partial charge in [0.2, 0.25) is 0 Å². The molecule has 4 nitrogen and oxygen atoms in total. The van der Waals surface area contributed by atoms with E-state index in [4.69, 9.17) is 0 Å². The van der Waals surface area contributed by atoms with Crippen molar-refractivity contribution in [1.29, 1.82) is 0 Å². The first kappa shape index (κ1) is 19.5. The van der Waals surface area contributed by atoms with Crippen molar-refractivity contribution in [1.82, 2.24) is 15.2 Å². The van der Waals surface area contributed by atoms with Gasteiger partial charge in [-0.15, -0.1) is 24.0 Å². The van der Waals surface area contributed by atoms with Crippen LogP contribution in [0.25, 0.3) is 0 Å². The molecule has 1 spiro atoms. The van der Waals surface area contributed by atoms with E-state index in [9.17, 15) is 0 Å². The zero-order chi connectivity index (χ0) is 16.0. The van der Waals surface area contributed by atoms with Gasteiger partial charge >= 0.3 is 0 Å². The molecule has 0 bridgehead atoms. The summed E-state index contributed by atoms with van der Waals surface area (Å²) in [6.45, 7) is 3.05. The summed E-state index contributed by atoms with van der Waals surface area (Å²) in [4.78, 5) is 11.4. The van der Waals surface area contributed by atoms with Crippen LogP contribution in [0.2, 0.25) is 0 Å². The number of aromatic nitrogens is 1. The molecule has 3 rings (SSSR count). The number of rotatable bonds is 2. The zero-order valence-electron chi connectivity index (χ0n) is 14.8. The largest absolute Gasteiger partial charge is 0.351 e. The average Bonchev–Trinajstić information content (AvgIpc) is 2.82. The van der Waals surface area contributed by atoms with E-state index in [1.54, 1.807) is 0 Å². The minimum absolute atomic E-state index is 0. The summed E-state index contributed by atoms with van der Waals surface area (Å²) in [5, 5.41) is 3.51. The molecule has 0 atom stereocenters. The Bertz CT molecular complexity index is 509. The van der Waals surface area contributed by atoms with Crippen molar-refractivity contribution in [3.63, 3.8) is 0 Å². The molecule has 2 fully saturated rings. The van der Waals surface area contributed by atoms with Crippen molar-refractivity contribution >= 4 is 29.9 Å². The van der Waals surface area contributed by atoms with Crippen molar-refractivity contribution in [3.05, 3.63) is 30.1 Å². The molecule has 5 heteroatoms. The highest BCUT2D eigenvalue weighted by atomic mass is 127. The molecule has 0 aromatic carbocycles. The molecule has 1 aliphatic heterocycles. The smallest absolute Gasteiger partial charge is 0.193 e. The standard InChI is InChI=1S/C19H30N4.HI/c1-20-18(22-15-17-9-4-7-13-21-17)23-14-8-12-19(16-23)10-5-2-3-6-11-19;/h4,7,9,13H,2-3,5-6,8,10-12,14-16H2,1H3,(H,20,22);1H. The van der Waals surface area contributed by atoms with Gasteiger partial charge in [0.05, 0.1) is 12.2 Å². The lowest BCUT2D eigenvalue weighted by atomic mass is 9.74. The lowest BCUT2D eigenvalue weighted by molar-refractivity contribution is 0.115. The van der Waals surface area contributed by atoms with Crippen molar-refractivity contribution in [3.8, 4) is 0 Å². The predicted molar refractivity (Wildman–Crippen MR) is 111 cm³/mol. The Kier molecular flexibility index (Phi) is 7.78. The van der Waals surface area contributed by atoms with Gasteiger partial charge in [0, 0.05) is 26.3 Å². The Morgan fingerprint density at radius 3 is 2.58 bits per heavy atom. The molecule has 0 unspecified atom stereocenters. The molecule has 1 N–H and O–H groups in total. The van der Waals surface area contributed by atoms with Crippen molar-refractivity contribution in [2.75, 3.05) is 20.1 Å². The fraction of sp³-hybridized carbons (Fsp3) is 0.684. The topological polar surface area (TPSA) is 40.5 Å². The van der Waals surface area contributed by atoms with Crippen LogP contribution < -0.4 is 5.32 Å². The quantitative estimate of drug-likeness (QED) is 0.424. The molecule has 1 saturated carbocycles. The maximum Gasteiger partial charge on any atom is 0.193 e. The first-order chi connectivity index (χ1) is 11.3. The number of piperidine rings is 1.